The summed E-state index contributed by atoms with van der Waals surface area (Å²) in [5.74, 6) is 1.90. The first-order valence-corrected chi connectivity index (χ1v) is 8.25. The molecule has 9 heteroatoms. The van der Waals surface area contributed by atoms with E-state index in [-0.39, 0.29) is 12.5 Å². The van der Waals surface area contributed by atoms with Gasteiger partial charge in [0.1, 0.15) is 0 Å². The van der Waals surface area contributed by atoms with E-state index in [1.54, 1.807) is 16.6 Å². The second-order valence-corrected chi connectivity index (χ2v) is 5.88. The van der Waals surface area contributed by atoms with Crippen LogP contribution >= 0.6 is 0 Å². The van der Waals surface area contributed by atoms with Crippen molar-refractivity contribution in [2.45, 2.75) is 20.4 Å². The van der Waals surface area contributed by atoms with Crippen LogP contribution in [-0.4, -0.2) is 46.8 Å². The highest BCUT2D eigenvalue weighted by molar-refractivity contribution is 5.95. The van der Waals surface area contributed by atoms with Crippen LogP contribution < -0.4 is 19.5 Å². The summed E-state index contributed by atoms with van der Waals surface area (Å²) in [6.45, 7) is 3.99. The third-order valence-electron chi connectivity index (χ3n) is 4.00. The van der Waals surface area contributed by atoms with E-state index < -0.39 is 0 Å². The lowest BCUT2D eigenvalue weighted by molar-refractivity contribution is 0.0949. The molecule has 2 heterocycles. The van der Waals surface area contributed by atoms with Crippen molar-refractivity contribution in [1.29, 1.82) is 0 Å². The molecule has 1 N–H and O–H groups in total. The van der Waals surface area contributed by atoms with Gasteiger partial charge in [-0.2, -0.15) is 4.98 Å². The van der Waals surface area contributed by atoms with Crippen molar-refractivity contribution < 1.29 is 19.0 Å². The molecule has 1 amide bonds. The fourth-order valence-corrected chi connectivity index (χ4v) is 2.76. The average Bonchev–Trinajstić information content (AvgIpc) is 3.07. The highest BCUT2D eigenvalue weighted by atomic mass is 16.5. The number of benzene rings is 1. The van der Waals surface area contributed by atoms with Crippen molar-refractivity contribution in [3.05, 3.63) is 41.0 Å². The smallest absolute Gasteiger partial charge is 0.252 e. The van der Waals surface area contributed by atoms with Crippen molar-refractivity contribution in [3.8, 4) is 17.2 Å². The Bertz CT molecular complexity index is 974. The van der Waals surface area contributed by atoms with Crippen molar-refractivity contribution in [2.24, 2.45) is 0 Å². The fourth-order valence-electron chi connectivity index (χ4n) is 2.76. The van der Waals surface area contributed by atoms with E-state index in [1.807, 2.05) is 19.9 Å². The van der Waals surface area contributed by atoms with Gasteiger partial charge in [-0.25, -0.2) is 9.50 Å². The maximum Gasteiger partial charge on any atom is 0.252 e. The second-order valence-electron chi connectivity index (χ2n) is 5.88. The highest BCUT2D eigenvalue weighted by Crippen LogP contribution is 2.38. The Kier molecular flexibility index (Phi) is 5.11. The Labute approximate surface area is 156 Å². The normalized spacial score (nSPS) is 10.7. The fraction of sp³-hybridized carbons (Fsp3) is 0.333. The van der Waals surface area contributed by atoms with Crippen LogP contribution in [0.15, 0.2) is 18.2 Å². The van der Waals surface area contributed by atoms with Crippen molar-refractivity contribution in [2.75, 3.05) is 21.3 Å². The van der Waals surface area contributed by atoms with E-state index in [1.165, 1.54) is 21.3 Å². The third kappa shape index (κ3) is 3.62. The molecule has 0 atom stereocenters. The molecule has 0 aliphatic carbocycles. The molecule has 0 saturated carbocycles. The Morgan fingerprint density at radius 2 is 1.70 bits per heavy atom. The van der Waals surface area contributed by atoms with Gasteiger partial charge in [0, 0.05) is 17.0 Å². The summed E-state index contributed by atoms with van der Waals surface area (Å²) < 4.78 is 17.5. The molecule has 142 valence electrons. The summed E-state index contributed by atoms with van der Waals surface area (Å²) >= 11 is 0. The minimum atomic E-state index is -0.311. The third-order valence-corrected chi connectivity index (χ3v) is 4.00. The molecule has 9 nitrogen and oxygen atoms in total. The Hall–Kier alpha value is -3.36. The van der Waals surface area contributed by atoms with E-state index in [0.717, 1.165) is 11.4 Å². The van der Waals surface area contributed by atoms with Crippen molar-refractivity contribution in [1.82, 2.24) is 24.9 Å². The molecule has 0 fully saturated rings. The summed E-state index contributed by atoms with van der Waals surface area (Å²) in [7, 11) is 4.50. The number of ether oxygens (including phenoxy) is 3. The number of nitrogens with one attached hydrogen (secondary N) is 1. The number of amides is 1. The van der Waals surface area contributed by atoms with E-state index >= 15 is 0 Å². The van der Waals surface area contributed by atoms with Crippen LogP contribution in [-0.2, 0) is 6.54 Å². The predicted octanol–water partition coefficient (Wildman–Crippen LogP) is 1.70. The number of fused-ring (bicyclic) bond motifs is 1. The molecule has 0 aliphatic rings. The molecule has 0 unspecified atom stereocenters. The van der Waals surface area contributed by atoms with Crippen LogP contribution in [0.4, 0.5) is 0 Å². The number of rotatable bonds is 6. The van der Waals surface area contributed by atoms with E-state index in [9.17, 15) is 4.79 Å². The first kappa shape index (κ1) is 18.4. The number of nitrogens with zero attached hydrogens (tertiary/aromatic N) is 4. The summed E-state index contributed by atoms with van der Waals surface area (Å²) in [6, 6.07) is 5.09. The number of hydrogen-bond donors (Lipinski definition) is 1. The van der Waals surface area contributed by atoms with Crippen LogP contribution in [0, 0.1) is 13.8 Å². The monoisotopic (exact) mass is 371 g/mol. The topological polar surface area (TPSA) is 99.9 Å². The minimum absolute atomic E-state index is 0.164. The van der Waals surface area contributed by atoms with Gasteiger partial charge < -0.3 is 19.5 Å². The van der Waals surface area contributed by atoms with E-state index in [4.69, 9.17) is 14.2 Å². The molecule has 0 aliphatic heterocycles. The molecule has 3 rings (SSSR count). The van der Waals surface area contributed by atoms with Crippen LogP contribution in [0.25, 0.3) is 5.78 Å². The van der Waals surface area contributed by atoms with Gasteiger partial charge in [-0.15, -0.1) is 5.10 Å². The van der Waals surface area contributed by atoms with Gasteiger partial charge in [-0.05, 0) is 32.0 Å². The largest absolute Gasteiger partial charge is 0.493 e. The molecule has 0 radical (unpaired) electrons. The second kappa shape index (κ2) is 7.48. The summed E-state index contributed by atoms with van der Waals surface area (Å²) in [5.41, 5.74) is 2.16. The van der Waals surface area contributed by atoms with E-state index in [2.05, 4.69) is 20.4 Å². The SMILES string of the molecule is COc1cc(C(=O)NCc2nc3nc(C)cc(C)n3n2)cc(OC)c1OC. The van der Waals surface area contributed by atoms with Gasteiger partial charge in [0.05, 0.1) is 27.9 Å². The molecule has 0 bridgehead atoms. The molecule has 3 aromatic rings. The van der Waals surface area contributed by atoms with Crippen LogP contribution in [0.2, 0.25) is 0 Å². The lowest BCUT2D eigenvalue weighted by atomic mass is 10.1. The molecular formula is C18H21N5O4. The molecule has 0 spiro atoms. The van der Waals surface area contributed by atoms with Gasteiger partial charge in [0.2, 0.25) is 5.75 Å². The Morgan fingerprint density at radius 3 is 2.30 bits per heavy atom. The molecule has 1 aromatic carbocycles. The maximum atomic E-state index is 12.5. The quantitative estimate of drug-likeness (QED) is 0.704. The van der Waals surface area contributed by atoms with Crippen molar-refractivity contribution >= 4 is 11.7 Å². The van der Waals surface area contributed by atoms with Crippen LogP contribution in [0.1, 0.15) is 27.6 Å². The number of carbonyl (C=O) groups excluding carboxylic acids is 1. The standard InChI is InChI=1S/C18H21N5O4/c1-10-6-11(2)23-18(20-10)21-15(22-23)9-19-17(24)12-7-13(25-3)16(27-5)14(8-12)26-4/h6-8H,9H2,1-5H3,(H,19,24). The van der Waals surface area contributed by atoms with Gasteiger partial charge in [0.25, 0.3) is 11.7 Å². The number of methoxy groups -OCH3 is 3. The van der Waals surface area contributed by atoms with Gasteiger partial charge in [-0.1, -0.05) is 0 Å². The van der Waals surface area contributed by atoms with E-state index in [0.29, 0.717) is 34.4 Å². The number of carbonyl (C=O) groups is 1. The van der Waals surface area contributed by atoms with Gasteiger partial charge in [0.15, 0.2) is 17.3 Å². The number of aromatic nitrogens is 4. The van der Waals surface area contributed by atoms with Gasteiger partial charge >= 0.3 is 0 Å². The lowest BCUT2D eigenvalue weighted by Crippen LogP contribution is -2.23. The highest BCUT2D eigenvalue weighted by Gasteiger charge is 2.17. The van der Waals surface area contributed by atoms with Crippen LogP contribution in [0.5, 0.6) is 17.2 Å². The zero-order chi connectivity index (χ0) is 19.6. The molecule has 0 saturated heterocycles. The zero-order valence-corrected chi connectivity index (χ0v) is 15.9. The first-order valence-electron chi connectivity index (χ1n) is 8.25. The number of aryl methyl sites for hydroxylation is 2. The summed E-state index contributed by atoms with van der Waals surface area (Å²) in [4.78, 5) is 21.2. The maximum absolute atomic E-state index is 12.5. The van der Waals surface area contributed by atoms with Crippen molar-refractivity contribution in [3.63, 3.8) is 0 Å². The molecular weight excluding hydrogens is 350 g/mol. The lowest BCUT2D eigenvalue weighted by Gasteiger charge is -2.13. The summed E-state index contributed by atoms with van der Waals surface area (Å²) in [6.07, 6.45) is 0. The summed E-state index contributed by atoms with van der Waals surface area (Å²) in [5, 5.41) is 7.17. The first-order chi connectivity index (χ1) is 13.0. The molecule has 27 heavy (non-hydrogen) atoms. The zero-order valence-electron chi connectivity index (χ0n) is 15.9. The molecule has 2 aromatic heterocycles. The number of hydrogen-bond acceptors (Lipinski definition) is 7. The van der Waals surface area contributed by atoms with Crippen LogP contribution in [0.3, 0.4) is 0 Å². The van der Waals surface area contributed by atoms with Gasteiger partial charge in [-0.3, -0.25) is 4.79 Å². The Balaban J connectivity index is 1.81. The Morgan fingerprint density at radius 1 is 1.04 bits per heavy atom. The predicted molar refractivity (Wildman–Crippen MR) is 97.5 cm³/mol. The average molecular weight is 371 g/mol. The minimum Gasteiger partial charge on any atom is -0.493 e.